The van der Waals surface area contributed by atoms with Gasteiger partial charge in [0, 0.05) is 21.8 Å². The lowest BCUT2D eigenvalue weighted by molar-refractivity contribution is 0.521. The summed E-state index contributed by atoms with van der Waals surface area (Å²) in [5.41, 5.74) is 5.93. The lowest BCUT2D eigenvalue weighted by atomic mass is 10.1. The minimum absolute atomic E-state index is 0.324. The van der Waals surface area contributed by atoms with E-state index in [1.807, 2.05) is 0 Å². The molecule has 3 heteroatoms. The van der Waals surface area contributed by atoms with Crippen molar-refractivity contribution in [3.8, 4) is 0 Å². The Hall–Kier alpha value is 0.110. The van der Waals surface area contributed by atoms with Crippen molar-refractivity contribution >= 4 is 10.8 Å². The second-order valence-corrected chi connectivity index (χ2v) is 6.81. The molecule has 84 valence electrons. The van der Waals surface area contributed by atoms with Crippen molar-refractivity contribution in [3.05, 3.63) is 0 Å². The van der Waals surface area contributed by atoms with Crippen molar-refractivity contribution in [2.45, 2.75) is 45.3 Å². The molecule has 0 bridgehead atoms. The summed E-state index contributed by atoms with van der Waals surface area (Å²) in [4.78, 5) is 0. The topological polar surface area (TPSA) is 43.1 Å². The van der Waals surface area contributed by atoms with Gasteiger partial charge < -0.3 is 5.73 Å². The molecule has 1 aliphatic carbocycles. The largest absolute Gasteiger partial charge is 0.330 e. The van der Waals surface area contributed by atoms with Crippen molar-refractivity contribution in [3.63, 3.8) is 0 Å². The van der Waals surface area contributed by atoms with Crippen LogP contribution in [0.15, 0.2) is 0 Å². The lowest BCUT2D eigenvalue weighted by Gasteiger charge is -2.19. The maximum Gasteiger partial charge on any atom is 0.0342 e. The Bertz CT molecular complexity index is 211. The van der Waals surface area contributed by atoms with E-state index in [0.717, 1.165) is 18.7 Å². The highest BCUT2D eigenvalue weighted by molar-refractivity contribution is 7.85. The van der Waals surface area contributed by atoms with Crippen molar-refractivity contribution < 1.29 is 4.21 Å². The van der Waals surface area contributed by atoms with Gasteiger partial charge in [-0.15, -0.1) is 0 Å². The van der Waals surface area contributed by atoms with Crippen LogP contribution in [0.4, 0.5) is 0 Å². The van der Waals surface area contributed by atoms with Crippen LogP contribution in [0.5, 0.6) is 0 Å². The van der Waals surface area contributed by atoms with Crippen LogP contribution >= 0.6 is 0 Å². The molecular formula is C11H23NOS. The second kappa shape index (κ2) is 4.75. The predicted molar refractivity (Wildman–Crippen MR) is 62.6 cm³/mol. The van der Waals surface area contributed by atoms with Gasteiger partial charge in [-0.3, -0.25) is 4.21 Å². The molecule has 0 spiro atoms. The summed E-state index contributed by atoms with van der Waals surface area (Å²) in [5, 5.41) is 0.324. The van der Waals surface area contributed by atoms with E-state index in [9.17, 15) is 4.21 Å². The number of hydrogen-bond acceptors (Lipinski definition) is 2. The minimum atomic E-state index is -0.659. The summed E-state index contributed by atoms with van der Waals surface area (Å²) in [6.45, 7) is 7.13. The summed E-state index contributed by atoms with van der Waals surface area (Å²) in [6.07, 6.45) is 3.53. The Morgan fingerprint density at radius 1 is 1.36 bits per heavy atom. The van der Waals surface area contributed by atoms with Gasteiger partial charge in [0.05, 0.1) is 0 Å². The predicted octanol–water partition coefficient (Wildman–Crippen LogP) is 1.91. The van der Waals surface area contributed by atoms with E-state index in [4.69, 9.17) is 5.73 Å². The number of nitrogens with two attached hydrogens (primary N) is 1. The summed E-state index contributed by atoms with van der Waals surface area (Å²) in [6, 6.07) is 0. The Morgan fingerprint density at radius 2 is 1.93 bits per heavy atom. The lowest BCUT2D eigenvalue weighted by Crippen LogP contribution is -2.25. The molecule has 0 heterocycles. The average Bonchev–Trinajstić information content (AvgIpc) is 2.84. The third-order valence-corrected chi connectivity index (χ3v) is 5.70. The zero-order valence-corrected chi connectivity index (χ0v) is 10.4. The van der Waals surface area contributed by atoms with E-state index < -0.39 is 10.8 Å². The van der Waals surface area contributed by atoms with Crippen LogP contribution in [0.1, 0.15) is 40.0 Å². The quantitative estimate of drug-likeness (QED) is 0.738. The molecule has 14 heavy (non-hydrogen) atoms. The standard InChI is InChI=1S/C11H23NOS/c1-9(2)10(3)14(13)8-11(4-5-11)6-7-12/h9-10H,4-8,12H2,1-3H3. The van der Waals surface area contributed by atoms with E-state index in [-0.39, 0.29) is 0 Å². The molecule has 2 nitrogen and oxygen atoms in total. The average molecular weight is 217 g/mol. The first-order chi connectivity index (χ1) is 6.51. The Balaban J connectivity index is 2.40. The van der Waals surface area contributed by atoms with Crippen LogP contribution in [0.2, 0.25) is 0 Å². The van der Waals surface area contributed by atoms with Crippen LogP contribution in [-0.4, -0.2) is 21.8 Å². The molecule has 1 saturated carbocycles. The highest BCUT2D eigenvalue weighted by Gasteiger charge is 2.43. The first kappa shape index (κ1) is 12.2. The number of rotatable bonds is 6. The highest BCUT2D eigenvalue weighted by atomic mass is 32.2. The van der Waals surface area contributed by atoms with Crippen molar-refractivity contribution in [2.24, 2.45) is 17.1 Å². The molecule has 0 aromatic heterocycles. The highest BCUT2D eigenvalue weighted by Crippen LogP contribution is 2.49. The van der Waals surface area contributed by atoms with Crippen molar-refractivity contribution in [1.82, 2.24) is 0 Å². The van der Waals surface area contributed by atoms with Crippen LogP contribution < -0.4 is 5.73 Å². The van der Waals surface area contributed by atoms with Crippen molar-refractivity contribution in [1.29, 1.82) is 0 Å². The third-order valence-electron chi connectivity index (χ3n) is 3.43. The smallest absolute Gasteiger partial charge is 0.0342 e. The third kappa shape index (κ3) is 3.06. The van der Waals surface area contributed by atoms with Crippen LogP contribution in [0, 0.1) is 11.3 Å². The first-order valence-corrected chi connectivity index (χ1v) is 6.96. The van der Waals surface area contributed by atoms with E-state index in [2.05, 4.69) is 20.8 Å². The van der Waals surface area contributed by atoms with E-state index in [1.54, 1.807) is 0 Å². The number of hydrogen-bond donors (Lipinski definition) is 1. The van der Waals surface area contributed by atoms with Gasteiger partial charge in [0.25, 0.3) is 0 Å². The summed E-state index contributed by atoms with van der Waals surface area (Å²) < 4.78 is 12.0. The molecule has 1 fully saturated rings. The monoisotopic (exact) mass is 217 g/mol. The molecule has 0 aliphatic heterocycles. The van der Waals surface area contributed by atoms with Gasteiger partial charge in [-0.1, -0.05) is 20.8 Å². The molecule has 0 radical (unpaired) electrons. The summed E-state index contributed by atoms with van der Waals surface area (Å²) in [5.74, 6) is 1.40. The fourth-order valence-corrected chi connectivity index (χ4v) is 3.59. The fourth-order valence-electron chi connectivity index (χ4n) is 1.69. The molecule has 2 N–H and O–H groups in total. The van der Waals surface area contributed by atoms with Gasteiger partial charge in [-0.2, -0.15) is 0 Å². The molecule has 0 aromatic rings. The molecule has 0 saturated heterocycles. The maximum absolute atomic E-state index is 12.0. The van der Waals surface area contributed by atoms with E-state index in [1.165, 1.54) is 12.8 Å². The molecule has 0 aromatic carbocycles. The first-order valence-electron chi connectivity index (χ1n) is 5.58. The Kier molecular flexibility index (Phi) is 4.14. The van der Waals surface area contributed by atoms with Gasteiger partial charge >= 0.3 is 0 Å². The Morgan fingerprint density at radius 3 is 2.29 bits per heavy atom. The molecular weight excluding hydrogens is 194 g/mol. The minimum Gasteiger partial charge on any atom is -0.330 e. The van der Waals surface area contributed by atoms with Gasteiger partial charge in [0.2, 0.25) is 0 Å². The van der Waals surface area contributed by atoms with Crippen LogP contribution in [0.25, 0.3) is 0 Å². The van der Waals surface area contributed by atoms with Gasteiger partial charge in [0.15, 0.2) is 0 Å². The van der Waals surface area contributed by atoms with Gasteiger partial charge in [0.1, 0.15) is 0 Å². The SMILES string of the molecule is CC(C)C(C)S(=O)CC1(CCN)CC1. The fraction of sp³-hybridized carbons (Fsp3) is 1.00. The van der Waals surface area contributed by atoms with Crippen molar-refractivity contribution in [2.75, 3.05) is 12.3 Å². The molecule has 1 rings (SSSR count). The molecule has 2 atom stereocenters. The van der Waals surface area contributed by atoms with E-state index >= 15 is 0 Å². The van der Waals surface area contributed by atoms with Gasteiger partial charge in [-0.05, 0) is 37.1 Å². The normalized spacial score (nSPS) is 23.5. The zero-order chi connectivity index (χ0) is 10.8. The van der Waals surface area contributed by atoms with Gasteiger partial charge in [-0.25, -0.2) is 0 Å². The van der Waals surface area contributed by atoms with Crippen LogP contribution in [-0.2, 0) is 10.8 Å². The zero-order valence-electron chi connectivity index (χ0n) is 9.58. The molecule has 1 aliphatic rings. The second-order valence-electron chi connectivity index (χ2n) is 5.01. The molecule has 0 amide bonds. The molecule has 2 unspecified atom stereocenters. The van der Waals surface area contributed by atoms with E-state index in [0.29, 0.717) is 16.6 Å². The Labute approximate surface area is 90.1 Å². The summed E-state index contributed by atoms with van der Waals surface area (Å²) in [7, 11) is -0.659. The van der Waals surface area contributed by atoms with Crippen LogP contribution in [0.3, 0.4) is 0 Å². The maximum atomic E-state index is 12.0. The summed E-state index contributed by atoms with van der Waals surface area (Å²) >= 11 is 0.